The van der Waals surface area contributed by atoms with E-state index in [1.54, 1.807) is 0 Å². The van der Waals surface area contributed by atoms with Crippen molar-refractivity contribution in [3.05, 3.63) is 0 Å². The molecule has 1 unspecified atom stereocenters. The third-order valence-corrected chi connectivity index (χ3v) is 2.80. The lowest BCUT2D eigenvalue weighted by molar-refractivity contribution is -0.149. The van der Waals surface area contributed by atoms with Crippen molar-refractivity contribution in [2.45, 2.75) is 46.1 Å². The molecule has 1 atom stereocenters. The zero-order valence-electron chi connectivity index (χ0n) is 9.54. The average Bonchev–Trinajstić information content (AvgIpc) is 2.80. The first-order valence-electron chi connectivity index (χ1n) is 5.43. The number of rotatable bonds is 5. The van der Waals surface area contributed by atoms with Crippen LogP contribution in [-0.4, -0.2) is 23.0 Å². The first-order valence-corrected chi connectivity index (χ1v) is 5.43. The predicted octanol–water partition coefficient (Wildman–Crippen LogP) is 1.40. The highest BCUT2D eigenvalue weighted by Crippen LogP contribution is 2.46. The van der Waals surface area contributed by atoms with Crippen molar-refractivity contribution in [3.63, 3.8) is 0 Å². The van der Waals surface area contributed by atoms with Gasteiger partial charge in [-0.25, -0.2) is 0 Å². The molecule has 4 nitrogen and oxygen atoms in total. The quantitative estimate of drug-likeness (QED) is 0.678. The van der Waals surface area contributed by atoms with E-state index in [0.29, 0.717) is 18.8 Å². The Morgan fingerprint density at radius 2 is 1.87 bits per heavy atom. The highest BCUT2D eigenvalue weighted by Gasteiger charge is 2.57. The number of carbonyl (C=O) groups excluding carboxylic acids is 1. The summed E-state index contributed by atoms with van der Waals surface area (Å²) in [5.41, 5.74) is -1.11. The van der Waals surface area contributed by atoms with Crippen molar-refractivity contribution in [2.75, 3.05) is 0 Å². The molecule has 0 aromatic carbocycles. The molecule has 0 radical (unpaired) electrons. The minimum absolute atomic E-state index is 0.0503. The van der Waals surface area contributed by atoms with Crippen LogP contribution in [0.25, 0.3) is 0 Å². The second-order valence-electron chi connectivity index (χ2n) is 4.89. The first kappa shape index (κ1) is 12.0. The Morgan fingerprint density at radius 1 is 1.33 bits per heavy atom. The predicted molar refractivity (Wildman–Crippen MR) is 56.4 cm³/mol. The summed E-state index contributed by atoms with van der Waals surface area (Å²) in [5.74, 6) is -0.805. The summed E-state index contributed by atoms with van der Waals surface area (Å²) < 4.78 is 0. The van der Waals surface area contributed by atoms with E-state index in [4.69, 9.17) is 5.11 Å². The number of nitrogens with one attached hydrogen (secondary N) is 1. The van der Waals surface area contributed by atoms with Gasteiger partial charge < -0.3 is 10.4 Å². The van der Waals surface area contributed by atoms with Gasteiger partial charge in [-0.15, -0.1) is 0 Å². The summed E-state index contributed by atoms with van der Waals surface area (Å²) in [6, 6.07) is 0.0503. The summed E-state index contributed by atoms with van der Waals surface area (Å²) in [5, 5.41) is 11.7. The first-order chi connectivity index (χ1) is 6.88. The van der Waals surface area contributed by atoms with Crippen molar-refractivity contribution in [3.8, 4) is 0 Å². The van der Waals surface area contributed by atoms with Crippen LogP contribution in [0.15, 0.2) is 0 Å². The number of aliphatic carboxylic acids is 1. The highest BCUT2D eigenvalue weighted by atomic mass is 16.4. The van der Waals surface area contributed by atoms with Crippen LogP contribution in [-0.2, 0) is 9.59 Å². The molecule has 2 N–H and O–H groups in total. The van der Waals surface area contributed by atoms with E-state index in [1.165, 1.54) is 0 Å². The molecule has 1 rings (SSSR count). The minimum Gasteiger partial charge on any atom is -0.480 e. The highest BCUT2D eigenvalue weighted by molar-refractivity contribution is 6.04. The Bertz CT molecular complexity index is 269. The molecule has 0 aromatic rings. The molecule has 0 saturated heterocycles. The van der Waals surface area contributed by atoms with E-state index < -0.39 is 11.4 Å². The van der Waals surface area contributed by atoms with Crippen LogP contribution in [0.2, 0.25) is 0 Å². The number of amides is 1. The van der Waals surface area contributed by atoms with Crippen molar-refractivity contribution >= 4 is 11.9 Å². The van der Waals surface area contributed by atoms with Crippen LogP contribution in [0, 0.1) is 11.3 Å². The topological polar surface area (TPSA) is 66.4 Å². The number of carboxylic acids is 1. The largest absolute Gasteiger partial charge is 0.480 e. The van der Waals surface area contributed by atoms with Gasteiger partial charge in [0.1, 0.15) is 5.41 Å². The molecule has 1 aliphatic carbocycles. The number of hydrogen-bond donors (Lipinski definition) is 2. The maximum atomic E-state index is 11.7. The number of carboxylic acid groups (broad SMARTS) is 1. The summed E-state index contributed by atoms with van der Waals surface area (Å²) in [6.45, 7) is 6.06. The van der Waals surface area contributed by atoms with Crippen LogP contribution in [0.3, 0.4) is 0 Å². The smallest absolute Gasteiger partial charge is 0.319 e. The molecule has 4 heteroatoms. The Morgan fingerprint density at radius 3 is 2.20 bits per heavy atom. The lowest BCUT2D eigenvalue weighted by Gasteiger charge is -2.18. The van der Waals surface area contributed by atoms with Gasteiger partial charge in [0, 0.05) is 6.04 Å². The Balaban J connectivity index is 2.46. The molecule has 1 fully saturated rings. The molecule has 0 spiro atoms. The molecule has 1 amide bonds. The van der Waals surface area contributed by atoms with Crippen molar-refractivity contribution in [1.82, 2.24) is 5.32 Å². The van der Waals surface area contributed by atoms with Gasteiger partial charge in [-0.3, -0.25) is 9.59 Å². The Kier molecular flexibility index (Phi) is 3.37. The van der Waals surface area contributed by atoms with Crippen LogP contribution in [0.4, 0.5) is 0 Å². The minimum atomic E-state index is -1.11. The molecule has 0 aliphatic heterocycles. The molecule has 86 valence electrons. The fraction of sp³-hybridized carbons (Fsp3) is 0.818. The van der Waals surface area contributed by atoms with Gasteiger partial charge in [-0.1, -0.05) is 13.8 Å². The van der Waals surface area contributed by atoms with Gasteiger partial charge in [0.05, 0.1) is 0 Å². The van der Waals surface area contributed by atoms with Crippen LogP contribution in [0.5, 0.6) is 0 Å². The summed E-state index contributed by atoms with van der Waals surface area (Å²) in [7, 11) is 0. The molecule has 15 heavy (non-hydrogen) atoms. The summed E-state index contributed by atoms with van der Waals surface area (Å²) in [4.78, 5) is 22.5. The van der Waals surface area contributed by atoms with E-state index >= 15 is 0 Å². The molecule has 0 aromatic heterocycles. The van der Waals surface area contributed by atoms with E-state index in [0.717, 1.165) is 6.42 Å². The van der Waals surface area contributed by atoms with Crippen molar-refractivity contribution < 1.29 is 14.7 Å². The van der Waals surface area contributed by atoms with Crippen molar-refractivity contribution in [2.24, 2.45) is 11.3 Å². The van der Waals surface area contributed by atoms with Gasteiger partial charge in [0.2, 0.25) is 5.91 Å². The standard InChI is InChI=1S/C11H19NO3/c1-7(2)6-8(3)12-9(13)11(4-5-11)10(14)15/h7-8H,4-6H2,1-3H3,(H,12,13)(H,14,15). The fourth-order valence-electron chi connectivity index (χ4n) is 1.79. The third kappa shape index (κ3) is 2.70. The zero-order chi connectivity index (χ0) is 11.6. The second-order valence-corrected chi connectivity index (χ2v) is 4.89. The Labute approximate surface area is 90.0 Å². The van der Waals surface area contributed by atoms with E-state index in [-0.39, 0.29) is 11.9 Å². The maximum absolute atomic E-state index is 11.7. The van der Waals surface area contributed by atoms with Gasteiger partial charge >= 0.3 is 5.97 Å². The Hall–Kier alpha value is -1.06. The van der Waals surface area contributed by atoms with E-state index in [9.17, 15) is 9.59 Å². The number of carbonyl (C=O) groups is 2. The van der Waals surface area contributed by atoms with Crippen LogP contribution < -0.4 is 5.32 Å². The normalized spacial score (nSPS) is 19.7. The van der Waals surface area contributed by atoms with E-state index in [1.807, 2.05) is 6.92 Å². The lowest BCUT2D eigenvalue weighted by atomic mass is 10.0. The molecule has 1 aliphatic rings. The van der Waals surface area contributed by atoms with Gasteiger partial charge in [-0.05, 0) is 32.1 Å². The monoisotopic (exact) mass is 213 g/mol. The van der Waals surface area contributed by atoms with Crippen molar-refractivity contribution in [1.29, 1.82) is 0 Å². The summed E-state index contributed by atoms with van der Waals surface area (Å²) in [6.07, 6.45) is 1.83. The van der Waals surface area contributed by atoms with Crippen LogP contribution in [0.1, 0.15) is 40.0 Å². The van der Waals surface area contributed by atoms with Gasteiger partial charge in [-0.2, -0.15) is 0 Å². The number of hydrogen-bond acceptors (Lipinski definition) is 2. The molecule has 0 bridgehead atoms. The van der Waals surface area contributed by atoms with E-state index in [2.05, 4.69) is 19.2 Å². The second kappa shape index (κ2) is 4.21. The SMILES string of the molecule is CC(C)CC(C)NC(=O)C1(C(=O)O)CC1. The lowest BCUT2D eigenvalue weighted by Crippen LogP contribution is -2.42. The molecular weight excluding hydrogens is 194 g/mol. The van der Waals surface area contributed by atoms with Crippen LogP contribution >= 0.6 is 0 Å². The van der Waals surface area contributed by atoms with Gasteiger partial charge in [0.25, 0.3) is 0 Å². The average molecular weight is 213 g/mol. The molecule has 1 saturated carbocycles. The fourth-order valence-corrected chi connectivity index (χ4v) is 1.79. The third-order valence-electron chi connectivity index (χ3n) is 2.80. The zero-order valence-corrected chi connectivity index (χ0v) is 9.54. The summed E-state index contributed by atoms with van der Waals surface area (Å²) >= 11 is 0. The van der Waals surface area contributed by atoms with Gasteiger partial charge in [0.15, 0.2) is 0 Å². The molecular formula is C11H19NO3. The maximum Gasteiger partial charge on any atom is 0.319 e. The molecule has 0 heterocycles.